The van der Waals surface area contributed by atoms with Crippen LogP contribution >= 0.6 is 12.2 Å². The van der Waals surface area contributed by atoms with E-state index in [4.69, 9.17) is 22.7 Å². The highest BCUT2D eigenvalue weighted by atomic mass is 32.1. The lowest BCUT2D eigenvalue weighted by molar-refractivity contribution is -0.122. The van der Waals surface area contributed by atoms with Gasteiger partial charge in [-0.2, -0.15) is 0 Å². The molecule has 1 saturated heterocycles. The number of nitrogens with two attached hydrogens (primary N) is 1. The number of carbonyl (C=O) groups is 1. The van der Waals surface area contributed by atoms with Crippen LogP contribution < -0.4 is 11.1 Å². The Labute approximate surface area is 108 Å². The number of nitrogens with one attached hydrogen (secondary N) is 1. The minimum Gasteiger partial charge on any atom is -0.392 e. The molecule has 1 rings (SSSR count). The predicted molar refractivity (Wildman–Crippen MR) is 70.9 cm³/mol. The van der Waals surface area contributed by atoms with Crippen LogP contribution in [0, 0.1) is 0 Å². The van der Waals surface area contributed by atoms with Crippen molar-refractivity contribution in [1.82, 2.24) is 10.2 Å². The summed E-state index contributed by atoms with van der Waals surface area (Å²) in [6, 6.07) is 0.0759. The van der Waals surface area contributed by atoms with Gasteiger partial charge in [-0.05, 0) is 19.4 Å². The third-order valence-corrected chi connectivity index (χ3v) is 3.19. The molecule has 1 atom stereocenters. The Morgan fingerprint density at radius 2 is 2.35 bits per heavy atom. The van der Waals surface area contributed by atoms with Crippen LogP contribution in [0.25, 0.3) is 0 Å². The summed E-state index contributed by atoms with van der Waals surface area (Å²) in [7, 11) is 1.61. The van der Waals surface area contributed by atoms with Gasteiger partial charge in [0.2, 0.25) is 5.91 Å². The van der Waals surface area contributed by atoms with E-state index in [1.807, 2.05) is 0 Å². The summed E-state index contributed by atoms with van der Waals surface area (Å²) in [5.74, 6) is 0.00481. The lowest BCUT2D eigenvalue weighted by atomic mass is 10.0. The van der Waals surface area contributed by atoms with Crippen molar-refractivity contribution in [3.8, 4) is 0 Å². The first-order valence-corrected chi connectivity index (χ1v) is 6.35. The second-order valence-corrected chi connectivity index (χ2v) is 4.70. The van der Waals surface area contributed by atoms with Gasteiger partial charge >= 0.3 is 0 Å². The molecule has 6 heteroatoms. The van der Waals surface area contributed by atoms with Gasteiger partial charge in [-0.1, -0.05) is 18.6 Å². The minimum absolute atomic E-state index is 0.00481. The first kappa shape index (κ1) is 14.3. The number of methoxy groups -OCH3 is 1. The Bertz CT molecular complexity index is 273. The van der Waals surface area contributed by atoms with Crippen molar-refractivity contribution < 1.29 is 9.53 Å². The van der Waals surface area contributed by atoms with E-state index in [0.29, 0.717) is 24.7 Å². The van der Waals surface area contributed by atoms with Gasteiger partial charge in [0.15, 0.2) is 0 Å². The van der Waals surface area contributed by atoms with Crippen molar-refractivity contribution in [2.24, 2.45) is 5.73 Å². The van der Waals surface area contributed by atoms with Crippen molar-refractivity contribution in [2.75, 3.05) is 33.4 Å². The van der Waals surface area contributed by atoms with Crippen LogP contribution in [-0.2, 0) is 9.53 Å². The van der Waals surface area contributed by atoms with Crippen molar-refractivity contribution in [2.45, 2.75) is 25.3 Å². The van der Waals surface area contributed by atoms with E-state index in [0.717, 1.165) is 25.8 Å². The maximum Gasteiger partial charge on any atom is 0.234 e. The van der Waals surface area contributed by atoms with Crippen LogP contribution in [0.1, 0.15) is 19.3 Å². The number of hydrogen-bond acceptors (Lipinski definition) is 4. The quantitative estimate of drug-likeness (QED) is 0.514. The Kier molecular flexibility index (Phi) is 6.39. The van der Waals surface area contributed by atoms with Crippen LogP contribution in [-0.4, -0.2) is 55.2 Å². The second kappa shape index (κ2) is 7.58. The highest BCUT2D eigenvalue weighted by Crippen LogP contribution is 2.16. The number of nitrogens with zero attached hydrogens (tertiary/aromatic N) is 1. The van der Waals surface area contributed by atoms with Gasteiger partial charge in [0, 0.05) is 13.7 Å². The van der Waals surface area contributed by atoms with Crippen molar-refractivity contribution in [3.05, 3.63) is 0 Å². The van der Waals surface area contributed by atoms with Crippen LogP contribution in [0.5, 0.6) is 0 Å². The van der Waals surface area contributed by atoms with E-state index in [-0.39, 0.29) is 11.9 Å². The largest absolute Gasteiger partial charge is 0.392 e. The summed E-state index contributed by atoms with van der Waals surface area (Å²) in [5, 5.41) is 2.80. The molecule has 1 unspecified atom stereocenters. The van der Waals surface area contributed by atoms with Gasteiger partial charge in [-0.15, -0.1) is 0 Å². The fourth-order valence-corrected chi connectivity index (χ4v) is 2.30. The third-order valence-electron chi connectivity index (χ3n) is 2.92. The number of rotatable bonds is 6. The number of hydrogen-bond donors (Lipinski definition) is 2. The molecule has 1 aliphatic heterocycles. The Hall–Kier alpha value is -0.720. The molecular formula is C11H21N3O2S. The Balaban J connectivity index is 2.36. The zero-order valence-corrected chi connectivity index (χ0v) is 11.1. The maximum absolute atomic E-state index is 11.7. The number of carbonyl (C=O) groups excluding carboxylic acids is 1. The molecule has 0 spiro atoms. The van der Waals surface area contributed by atoms with Crippen LogP contribution in [0.2, 0.25) is 0 Å². The standard InChI is InChI=1S/C11H21N3O2S/c1-16-7-5-13-10(15)8-14-6-3-2-4-9(14)11(12)17/h9H,2-8H2,1H3,(H2,12,17)(H,13,15). The number of amides is 1. The predicted octanol–water partition coefficient (Wildman–Crippen LogP) is -0.110. The lowest BCUT2D eigenvalue weighted by Gasteiger charge is -2.34. The Morgan fingerprint density at radius 3 is 3.00 bits per heavy atom. The molecule has 0 radical (unpaired) electrons. The molecule has 17 heavy (non-hydrogen) atoms. The Morgan fingerprint density at radius 1 is 1.59 bits per heavy atom. The van der Waals surface area contributed by atoms with E-state index in [1.165, 1.54) is 0 Å². The zero-order chi connectivity index (χ0) is 12.7. The molecule has 3 N–H and O–H groups in total. The summed E-state index contributed by atoms with van der Waals surface area (Å²) in [5.41, 5.74) is 5.69. The van der Waals surface area contributed by atoms with E-state index >= 15 is 0 Å². The summed E-state index contributed by atoms with van der Waals surface area (Å²) >= 11 is 5.04. The molecule has 0 aromatic heterocycles. The zero-order valence-electron chi connectivity index (χ0n) is 10.3. The molecule has 1 fully saturated rings. The number of ether oxygens (including phenoxy) is 1. The molecule has 1 heterocycles. The second-order valence-electron chi connectivity index (χ2n) is 4.23. The fourth-order valence-electron chi connectivity index (χ4n) is 2.04. The van der Waals surface area contributed by atoms with Gasteiger partial charge < -0.3 is 15.8 Å². The molecular weight excluding hydrogens is 238 g/mol. The normalized spacial score (nSPS) is 21.1. The van der Waals surface area contributed by atoms with Crippen molar-refractivity contribution >= 4 is 23.1 Å². The van der Waals surface area contributed by atoms with Gasteiger partial charge in [-0.25, -0.2) is 0 Å². The summed E-state index contributed by atoms with van der Waals surface area (Å²) in [6.07, 6.45) is 3.19. The number of piperidine rings is 1. The topological polar surface area (TPSA) is 67.6 Å². The molecule has 0 bridgehead atoms. The van der Waals surface area contributed by atoms with E-state index in [1.54, 1.807) is 7.11 Å². The van der Waals surface area contributed by atoms with Gasteiger partial charge in [0.1, 0.15) is 0 Å². The average Bonchev–Trinajstić information content (AvgIpc) is 2.29. The highest BCUT2D eigenvalue weighted by molar-refractivity contribution is 7.80. The summed E-state index contributed by atoms with van der Waals surface area (Å²) < 4.78 is 4.87. The summed E-state index contributed by atoms with van der Waals surface area (Å²) in [4.78, 5) is 14.2. The van der Waals surface area contributed by atoms with Gasteiger partial charge in [-0.3, -0.25) is 9.69 Å². The van der Waals surface area contributed by atoms with Crippen LogP contribution in [0.15, 0.2) is 0 Å². The van der Waals surface area contributed by atoms with Crippen LogP contribution in [0.4, 0.5) is 0 Å². The molecule has 0 saturated carbocycles. The smallest absolute Gasteiger partial charge is 0.234 e. The highest BCUT2D eigenvalue weighted by Gasteiger charge is 2.25. The third kappa shape index (κ3) is 4.97. The van der Waals surface area contributed by atoms with Gasteiger partial charge in [0.25, 0.3) is 0 Å². The molecule has 0 aromatic rings. The number of thiocarbonyl (C=S) groups is 1. The SMILES string of the molecule is COCCNC(=O)CN1CCCCC1C(N)=S. The van der Waals surface area contributed by atoms with Crippen molar-refractivity contribution in [1.29, 1.82) is 0 Å². The molecule has 1 amide bonds. The first-order valence-electron chi connectivity index (χ1n) is 5.94. The molecule has 98 valence electrons. The number of likely N-dealkylation sites (tertiary alicyclic amines) is 1. The molecule has 0 aliphatic carbocycles. The molecule has 0 aromatic carbocycles. The molecule has 1 aliphatic rings. The average molecular weight is 259 g/mol. The van der Waals surface area contributed by atoms with E-state index in [9.17, 15) is 4.79 Å². The molecule has 5 nitrogen and oxygen atoms in total. The monoisotopic (exact) mass is 259 g/mol. The summed E-state index contributed by atoms with van der Waals surface area (Å²) in [6.45, 7) is 2.33. The maximum atomic E-state index is 11.7. The lowest BCUT2D eigenvalue weighted by Crippen LogP contribution is -2.50. The first-order chi connectivity index (χ1) is 8.15. The van der Waals surface area contributed by atoms with Crippen LogP contribution in [0.3, 0.4) is 0 Å². The van der Waals surface area contributed by atoms with E-state index in [2.05, 4.69) is 10.2 Å². The minimum atomic E-state index is 0.00481. The van der Waals surface area contributed by atoms with Crippen molar-refractivity contribution in [3.63, 3.8) is 0 Å². The fraction of sp³-hybridized carbons (Fsp3) is 0.818. The van der Waals surface area contributed by atoms with E-state index < -0.39 is 0 Å². The van der Waals surface area contributed by atoms with Gasteiger partial charge in [0.05, 0.1) is 24.2 Å².